The fraction of sp³-hybridized carbons (Fsp3) is 0.333. The first kappa shape index (κ1) is 20.2. The summed E-state index contributed by atoms with van der Waals surface area (Å²) in [6.45, 7) is 3.49. The summed E-state index contributed by atoms with van der Waals surface area (Å²) in [5.41, 5.74) is 2.86. The van der Waals surface area contributed by atoms with Crippen LogP contribution < -0.4 is 15.0 Å². The first-order valence-corrected chi connectivity index (χ1v) is 10.00. The molecule has 2 aromatic rings. The van der Waals surface area contributed by atoms with Gasteiger partial charge in [0, 0.05) is 28.9 Å². The minimum absolute atomic E-state index is 0.252. The Hall–Kier alpha value is -2.54. The number of amides is 1. The summed E-state index contributed by atoms with van der Waals surface area (Å²) in [7, 11) is 0. The van der Waals surface area contributed by atoms with Gasteiger partial charge in [0.2, 0.25) is 0 Å². The highest BCUT2D eigenvalue weighted by Crippen LogP contribution is 2.25. The van der Waals surface area contributed by atoms with Crippen molar-refractivity contribution in [3.8, 4) is 5.75 Å². The summed E-state index contributed by atoms with van der Waals surface area (Å²) in [6, 6.07) is 13.1. The average Bonchev–Trinajstić information content (AvgIpc) is 3.22. The Morgan fingerprint density at radius 1 is 1.07 bits per heavy atom. The summed E-state index contributed by atoms with van der Waals surface area (Å²) in [4.78, 5) is 26.2. The topological polar surface area (TPSA) is 67.9 Å². The van der Waals surface area contributed by atoms with Gasteiger partial charge in [-0.3, -0.25) is 4.79 Å². The van der Waals surface area contributed by atoms with Crippen LogP contribution in [0.4, 0.5) is 11.4 Å². The molecule has 1 aliphatic heterocycles. The van der Waals surface area contributed by atoms with Gasteiger partial charge in [0.25, 0.3) is 5.91 Å². The summed E-state index contributed by atoms with van der Waals surface area (Å²) in [5.74, 6) is -0.425. The Morgan fingerprint density at radius 3 is 2.46 bits per heavy atom. The monoisotopic (exact) mass is 446 g/mol. The lowest BCUT2D eigenvalue weighted by Crippen LogP contribution is -2.24. The number of nitrogens with zero attached hydrogens (tertiary/aromatic N) is 1. The number of carbonyl (C=O) groups is 2. The van der Waals surface area contributed by atoms with E-state index in [0.29, 0.717) is 5.75 Å². The summed E-state index contributed by atoms with van der Waals surface area (Å²) >= 11 is 3.33. The fourth-order valence-electron chi connectivity index (χ4n) is 3.01. The number of rotatable bonds is 7. The molecule has 1 fully saturated rings. The van der Waals surface area contributed by atoms with Crippen molar-refractivity contribution in [2.24, 2.45) is 0 Å². The zero-order valence-electron chi connectivity index (χ0n) is 15.7. The lowest BCUT2D eigenvalue weighted by molar-refractivity contribution is -0.149. The van der Waals surface area contributed by atoms with Crippen molar-refractivity contribution < 1.29 is 19.1 Å². The molecule has 148 valence electrons. The Balaban J connectivity index is 1.43. The predicted molar refractivity (Wildman–Crippen MR) is 112 cm³/mol. The summed E-state index contributed by atoms with van der Waals surface area (Å²) in [6.07, 6.45) is 2.43. The third kappa shape index (κ3) is 5.73. The molecular weight excluding hydrogens is 424 g/mol. The number of nitrogens with one attached hydrogen (secondary N) is 1. The van der Waals surface area contributed by atoms with Gasteiger partial charge in [-0.25, -0.2) is 4.79 Å². The van der Waals surface area contributed by atoms with Crippen molar-refractivity contribution in [2.75, 3.05) is 36.5 Å². The average molecular weight is 447 g/mol. The Morgan fingerprint density at radius 2 is 1.79 bits per heavy atom. The van der Waals surface area contributed by atoms with Crippen LogP contribution in [0.1, 0.15) is 18.4 Å². The molecule has 0 saturated carbocycles. The highest BCUT2D eigenvalue weighted by Gasteiger charge is 2.14. The largest absolute Gasteiger partial charge is 0.482 e. The van der Waals surface area contributed by atoms with Crippen molar-refractivity contribution in [2.45, 2.75) is 19.8 Å². The first-order valence-electron chi connectivity index (χ1n) is 9.21. The minimum Gasteiger partial charge on any atom is -0.482 e. The first-order chi connectivity index (χ1) is 13.5. The number of esters is 1. The molecule has 3 rings (SSSR count). The normalized spacial score (nSPS) is 13.3. The van der Waals surface area contributed by atoms with Gasteiger partial charge in [0.15, 0.2) is 13.2 Å². The zero-order chi connectivity index (χ0) is 19.9. The molecule has 1 N–H and O–H groups in total. The fourth-order valence-corrected chi connectivity index (χ4v) is 3.27. The van der Waals surface area contributed by atoms with Gasteiger partial charge in [0.1, 0.15) is 5.75 Å². The number of anilines is 2. The van der Waals surface area contributed by atoms with Crippen molar-refractivity contribution in [3.05, 3.63) is 52.5 Å². The van der Waals surface area contributed by atoms with Crippen LogP contribution in [0, 0.1) is 6.92 Å². The lowest BCUT2D eigenvalue weighted by Gasteiger charge is -2.19. The van der Waals surface area contributed by atoms with Gasteiger partial charge in [-0.1, -0.05) is 15.9 Å². The van der Waals surface area contributed by atoms with E-state index in [-0.39, 0.29) is 19.1 Å². The van der Waals surface area contributed by atoms with E-state index in [9.17, 15) is 9.59 Å². The van der Waals surface area contributed by atoms with Crippen LogP contribution in [-0.2, 0) is 14.3 Å². The number of ether oxygens (including phenoxy) is 2. The van der Waals surface area contributed by atoms with Gasteiger partial charge in [-0.05, 0) is 67.8 Å². The highest BCUT2D eigenvalue weighted by atomic mass is 79.9. The van der Waals surface area contributed by atoms with Gasteiger partial charge >= 0.3 is 5.97 Å². The molecule has 0 bridgehead atoms. The molecule has 6 nitrogen and oxygen atoms in total. The van der Waals surface area contributed by atoms with Crippen molar-refractivity contribution in [1.82, 2.24) is 0 Å². The standard InChI is InChI=1S/C21H23BrN2O4/c1-15-12-17(24-10-2-3-11-24)6-9-19(15)23-20(25)13-28-21(26)14-27-18-7-4-16(22)5-8-18/h4-9,12H,2-3,10-11,13-14H2,1H3,(H,23,25). The quantitative estimate of drug-likeness (QED) is 0.652. The molecule has 1 amide bonds. The zero-order valence-corrected chi connectivity index (χ0v) is 17.3. The molecule has 0 aliphatic carbocycles. The molecule has 1 aliphatic rings. The minimum atomic E-state index is -0.598. The van der Waals surface area contributed by atoms with Crippen LogP contribution in [0.5, 0.6) is 5.75 Å². The van der Waals surface area contributed by atoms with Crippen molar-refractivity contribution >= 4 is 39.2 Å². The van der Waals surface area contributed by atoms with E-state index < -0.39 is 5.97 Å². The number of benzene rings is 2. The molecule has 1 heterocycles. The smallest absolute Gasteiger partial charge is 0.344 e. The second-order valence-corrected chi connectivity index (χ2v) is 7.56. The molecule has 0 spiro atoms. The highest BCUT2D eigenvalue weighted by molar-refractivity contribution is 9.10. The van der Waals surface area contributed by atoms with E-state index in [2.05, 4.69) is 32.2 Å². The van der Waals surface area contributed by atoms with Crippen LogP contribution >= 0.6 is 15.9 Å². The van der Waals surface area contributed by atoms with E-state index in [4.69, 9.17) is 9.47 Å². The predicted octanol–water partition coefficient (Wildman–Crippen LogP) is 3.92. The number of carbonyl (C=O) groups excluding carboxylic acids is 2. The molecule has 0 radical (unpaired) electrons. The van der Waals surface area contributed by atoms with Crippen molar-refractivity contribution in [1.29, 1.82) is 0 Å². The molecular formula is C21H23BrN2O4. The van der Waals surface area contributed by atoms with Gasteiger partial charge < -0.3 is 19.7 Å². The van der Waals surface area contributed by atoms with E-state index >= 15 is 0 Å². The molecule has 1 saturated heterocycles. The number of hydrogen-bond acceptors (Lipinski definition) is 5. The van der Waals surface area contributed by atoms with Crippen molar-refractivity contribution in [3.63, 3.8) is 0 Å². The van der Waals surface area contributed by atoms with E-state index in [1.165, 1.54) is 18.5 Å². The lowest BCUT2D eigenvalue weighted by atomic mass is 10.1. The SMILES string of the molecule is Cc1cc(N2CCCC2)ccc1NC(=O)COC(=O)COc1ccc(Br)cc1. The molecule has 0 unspecified atom stereocenters. The number of hydrogen-bond donors (Lipinski definition) is 1. The van der Waals surface area contributed by atoms with E-state index in [1.54, 1.807) is 12.1 Å². The maximum absolute atomic E-state index is 12.1. The van der Waals surface area contributed by atoms with E-state index in [0.717, 1.165) is 28.8 Å². The summed E-state index contributed by atoms with van der Waals surface area (Å²) < 4.78 is 11.2. The summed E-state index contributed by atoms with van der Waals surface area (Å²) in [5, 5.41) is 2.78. The number of halogens is 1. The maximum atomic E-state index is 12.1. The van der Waals surface area contributed by atoms with Gasteiger partial charge in [-0.2, -0.15) is 0 Å². The van der Waals surface area contributed by atoms with Crippen LogP contribution in [-0.4, -0.2) is 38.2 Å². The Bertz CT molecular complexity index is 833. The van der Waals surface area contributed by atoms with E-state index in [1.807, 2.05) is 31.2 Å². The number of aryl methyl sites for hydroxylation is 1. The Labute approximate surface area is 172 Å². The molecule has 7 heteroatoms. The molecule has 2 aromatic carbocycles. The molecule has 28 heavy (non-hydrogen) atoms. The second kappa shape index (κ2) is 9.59. The van der Waals surface area contributed by atoms with Crippen LogP contribution in [0.25, 0.3) is 0 Å². The maximum Gasteiger partial charge on any atom is 0.344 e. The third-order valence-corrected chi connectivity index (χ3v) is 5.02. The van der Waals surface area contributed by atoms with Crippen LogP contribution in [0.3, 0.4) is 0 Å². The second-order valence-electron chi connectivity index (χ2n) is 6.64. The van der Waals surface area contributed by atoms with Crippen LogP contribution in [0.15, 0.2) is 46.9 Å². The molecule has 0 aromatic heterocycles. The van der Waals surface area contributed by atoms with Gasteiger partial charge in [0.05, 0.1) is 0 Å². The third-order valence-electron chi connectivity index (χ3n) is 4.49. The Kier molecular flexibility index (Phi) is 6.92. The van der Waals surface area contributed by atoms with Crippen LogP contribution in [0.2, 0.25) is 0 Å². The van der Waals surface area contributed by atoms with Gasteiger partial charge in [-0.15, -0.1) is 0 Å². The molecule has 0 atom stereocenters.